The molecule has 0 aliphatic heterocycles. The van der Waals surface area contributed by atoms with E-state index in [9.17, 15) is 9.59 Å². The molecule has 0 saturated carbocycles. The van der Waals surface area contributed by atoms with Gasteiger partial charge in [0.05, 0.1) is 6.20 Å². The number of aromatic nitrogens is 2. The Bertz CT molecular complexity index is 370. The molecule has 0 radical (unpaired) electrons. The van der Waals surface area contributed by atoms with E-state index >= 15 is 0 Å². The largest absolute Gasteiger partial charge is 0.477 e. The molecule has 5 heteroatoms. The van der Waals surface area contributed by atoms with Gasteiger partial charge in [-0.05, 0) is 12.0 Å². The number of nitrogens with one attached hydrogen (secondary N) is 1. The normalized spacial score (nSPS) is 9.92. The molecule has 1 heterocycles. The van der Waals surface area contributed by atoms with Gasteiger partial charge in [0.25, 0.3) is 5.56 Å². The van der Waals surface area contributed by atoms with Gasteiger partial charge in [0.1, 0.15) is 5.56 Å². The van der Waals surface area contributed by atoms with Crippen molar-refractivity contribution in [3.63, 3.8) is 0 Å². The van der Waals surface area contributed by atoms with E-state index in [0.717, 1.165) is 6.42 Å². The summed E-state index contributed by atoms with van der Waals surface area (Å²) in [5.74, 6) is -1.20. The summed E-state index contributed by atoms with van der Waals surface area (Å²) in [6, 6.07) is 0. The summed E-state index contributed by atoms with van der Waals surface area (Å²) in [6.07, 6.45) is 2.72. The van der Waals surface area contributed by atoms with Gasteiger partial charge in [0.2, 0.25) is 0 Å². The predicted octanol–water partition coefficient (Wildman–Crippen LogP) is 0.421. The van der Waals surface area contributed by atoms with Crippen molar-refractivity contribution >= 4 is 5.97 Å². The maximum absolute atomic E-state index is 11.1. The van der Waals surface area contributed by atoms with Crippen molar-refractivity contribution in [2.24, 2.45) is 0 Å². The van der Waals surface area contributed by atoms with E-state index in [1.807, 2.05) is 6.92 Å². The fourth-order valence-corrected chi connectivity index (χ4v) is 1.13. The SMILES string of the molecule is CCCc1cn[nH]c(=O)c1C(=O)O. The Hall–Kier alpha value is -1.65. The van der Waals surface area contributed by atoms with E-state index in [0.29, 0.717) is 12.0 Å². The van der Waals surface area contributed by atoms with E-state index in [1.165, 1.54) is 6.20 Å². The maximum Gasteiger partial charge on any atom is 0.341 e. The molecular weight excluding hydrogens is 172 g/mol. The van der Waals surface area contributed by atoms with Crippen molar-refractivity contribution in [2.75, 3.05) is 0 Å². The Kier molecular flexibility index (Phi) is 2.79. The van der Waals surface area contributed by atoms with Gasteiger partial charge >= 0.3 is 5.97 Å². The van der Waals surface area contributed by atoms with Crippen LogP contribution in [0.15, 0.2) is 11.0 Å². The minimum Gasteiger partial charge on any atom is -0.477 e. The molecule has 0 aliphatic rings. The quantitative estimate of drug-likeness (QED) is 0.709. The van der Waals surface area contributed by atoms with E-state index in [2.05, 4.69) is 10.2 Å². The van der Waals surface area contributed by atoms with E-state index < -0.39 is 11.5 Å². The zero-order valence-electron chi connectivity index (χ0n) is 7.20. The first-order valence-corrected chi connectivity index (χ1v) is 3.96. The highest BCUT2D eigenvalue weighted by Gasteiger charge is 2.13. The van der Waals surface area contributed by atoms with E-state index in [1.54, 1.807) is 0 Å². The van der Waals surface area contributed by atoms with Crippen LogP contribution in [-0.2, 0) is 6.42 Å². The van der Waals surface area contributed by atoms with Crippen LogP contribution in [0.4, 0.5) is 0 Å². The van der Waals surface area contributed by atoms with Gasteiger partial charge in [-0.25, -0.2) is 9.89 Å². The Labute approximate surface area is 74.4 Å². The van der Waals surface area contributed by atoms with Gasteiger partial charge in [-0.3, -0.25) is 4.79 Å². The molecule has 0 spiro atoms. The number of aryl methyl sites for hydroxylation is 1. The van der Waals surface area contributed by atoms with Crippen LogP contribution in [0.2, 0.25) is 0 Å². The maximum atomic E-state index is 11.1. The van der Waals surface area contributed by atoms with Crippen LogP contribution in [0.1, 0.15) is 29.3 Å². The second kappa shape index (κ2) is 3.84. The highest BCUT2D eigenvalue weighted by atomic mass is 16.4. The van der Waals surface area contributed by atoms with Crippen LogP contribution in [0.25, 0.3) is 0 Å². The number of H-pyrrole nitrogens is 1. The molecule has 0 atom stereocenters. The number of rotatable bonds is 3. The second-order valence-electron chi connectivity index (χ2n) is 2.65. The third-order valence-electron chi connectivity index (χ3n) is 1.67. The first-order chi connectivity index (χ1) is 6.16. The molecule has 0 amide bonds. The molecule has 1 rings (SSSR count). The van der Waals surface area contributed by atoms with Crippen molar-refractivity contribution < 1.29 is 9.90 Å². The summed E-state index contributed by atoms with van der Waals surface area (Å²) in [5.41, 5.74) is -0.353. The molecule has 5 nitrogen and oxygen atoms in total. The molecule has 0 aliphatic carbocycles. The van der Waals surface area contributed by atoms with Crippen LogP contribution in [0.5, 0.6) is 0 Å². The summed E-state index contributed by atoms with van der Waals surface area (Å²) >= 11 is 0. The van der Waals surface area contributed by atoms with Gasteiger partial charge < -0.3 is 5.11 Å². The predicted molar refractivity (Wildman–Crippen MR) is 45.8 cm³/mol. The van der Waals surface area contributed by atoms with Crippen LogP contribution >= 0.6 is 0 Å². The molecule has 70 valence electrons. The minimum absolute atomic E-state index is 0.197. The summed E-state index contributed by atoms with van der Waals surface area (Å²) in [4.78, 5) is 21.7. The number of carbonyl (C=O) groups is 1. The molecule has 0 unspecified atom stereocenters. The lowest BCUT2D eigenvalue weighted by atomic mass is 10.1. The molecule has 1 aromatic rings. The van der Waals surface area contributed by atoms with Crippen molar-refractivity contribution in [3.05, 3.63) is 27.7 Å². The average molecular weight is 182 g/mol. The summed E-state index contributed by atoms with van der Waals surface area (Å²) < 4.78 is 0. The van der Waals surface area contributed by atoms with Gasteiger partial charge in [-0.1, -0.05) is 13.3 Å². The van der Waals surface area contributed by atoms with E-state index in [-0.39, 0.29) is 5.56 Å². The van der Waals surface area contributed by atoms with Gasteiger partial charge in [-0.2, -0.15) is 5.10 Å². The van der Waals surface area contributed by atoms with Gasteiger partial charge in [0.15, 0.2) is 0 Å². The smallest absolute Gasteiger partial charge is 0.341 e. The lowest BCUT2D eigenvalue weighted by molar-refractivity contribution is 0.0693. The van der Waals surface area contributed by atoms with E-state index in [4.69, 9.17) is 5.11 Å². The van der Waals surface area contributed by atoms with Crippen molar-refractivity contribution in [1.29, 1.82) is 0 Å². The fourth-order valence-electron chi connectivity index (χ4n) is 1.13. The zero-order valence-corrected chi connectivity index (χ0v) is 7.20. The lowest BCUT2D eigenvalue weighted by Gasteiger charge is -2.00. The topological polar surface area (TPSA) is 83.0 Å². The minimum atomic E-state index is -1.20. The molecule has 0 aromatic carbocycles. The Morgan fingerprint density at radius 1 is 1.69 bits per heavy atom. The molecule has 2 N–H and O–H groups in total. The summed E-state index contributed by atoms with van der Waals surface area (Å²) in [6.45, 7) is 1.91. The second-order valence-corrected chi connectivity index (χ2v) is 2.65. The molecule has 0 fully saturated rings. The van der Waals surface area contributed by atoms with Crippen molar-refractivity contribution in [1.82, 2.24) is 10.2 Å². The molecule has 0 saturated heterocycles. The van der Waals surface area contributed by atoms with Crippen LogP contribution in [-0.4, -0.2) is 21.3 Å². The van der Waals surface area contributed by atoms with Crippen LogP contribution in [0, 0.1) is 0 Å². The van der Waals surface area contributed by atoms with Crippen molar-refractivity contribution in [3.8, 4) is 0 Å². The number of hydrogen-bond donors (Lipinski definition) is 2. The van der Waals surface area contributed by atoms with Crippen LogP contribution in [0.3, 0.4) is 0 Å². The third kappa shape index (κ3) is 1.93. The Balaban J connectivity index is 3.26. The number of nitrogens with zero attached hydrogens (tertiary/aromatic N) is 1. The number of aromatic carboxylic acids is 1. The molecule has 0 bridgehead atoms. The number of hydrogen-bond acceptors (Lipinski definition) is 3. The summed E-state index contributed by atoms with van der Waals surface area (Å²) in [7, 11) is 0. The van der Waals surface area contributed by atoms with Gasteiger partial charge in [0, 0.05) is 0 Å². The molecular formula is C8H10N2O3. The lowest BCUT2D eigenvalue weighted by Crippen LogP contribution is -2.21. The number of carboxylic acids is 1. The fraction of sp³-hybridized carbons (Fsp3) is 0.375. The van der Waals surface area contributed by atoms with Crippen LogP contribution < -0.4 is 5.56 Å². The Morgan fingerprint density at radius 3 is 2.92 bits per heavy atom. The molecule has 13 heavy (non-hydrogen) atoms. The monoisotopic (exact) mass is 182 g/mol. The first kappa shape index (κ1) is 9.44. The third-order valence-corrected chi connectivity index (χ3v) is 1.67. The van der Waals surface area contributed by atoms with Gasteiger partial charge in [-0.15, -0.1) is 0 Å². The Morgan fingerprint density at radius 2 is 2.38 bits per heavy atom. The first-order valence-electron chi connectivity index (χ1n) is 3.96. The number of aromatic amines is 1. The highest BCUT2D eigenvalue weighted by Crippen LogP contribution is 2.04. The number of carboxylic acid groups (broad SMARTS) is 1. The average Bonchev–Trinajstić information content (AvgIpc) is 2.04. The summed E-state index contributed by atoms with van der Waals surface area (Å²) in [5, 5.41) is 14.4. The zero-order chi connectivity index (χ0) is 9.84. The standard InChI is InChI=1S/C8H10N2O3/c1-2-3-5-4-9-10-7(11)6(5)8(12)13/h4H,2-3H2,1H3,(H,10,11)(H,12,13). The van der Waals surface area contributed by atoms with Crippen molar-refractivity contribution in [2.45, 2.75) is 19.8 Å². The molecule has 1 aromatic heterocycles. The highest BCUT2D eigenvalue weighted by molar-refractivity contribution is 5.88.